The maximum atomic E-state index is 8.71. The summed E-state index contributed by atoms with van der Waals surface area (Å²) in [6, 6.07) is 0.776. The predicted molar refractivity (Wildman–Crippen MR) is 66.4 cm³/mol. The molecular weight excluding hydrogens is 200 g/mol. The lowest BCUT2D eigenvalue weighted by Crippen LogP contribution is -2.33. The van der Waals surface area contributed by atoms with Crippen LogP contribution in [-0.2, 0) is 0 Å². The zero-order valence-electron chi connectivity index (χ0n) is 10.5. The van der Waals surface area contributed by atoms with Gasteiger partial charge in [-0.1, -0.05) is 12.8 Å². The summed E-state index contributed by atoms with van der Waals surface area (Å²) in [5.41, 5.74) is 0. The Morgan fingerprint density at radius 3 is 2.75 bits per heavy atom. The van der Waals surface area contributed by atoms with Gasteiger partial charge in [0.2, 0.25) is 0 Å². The van der Waals surface area contributed by atoms with Crippen molar-refractivity contribution in [2.24, 2.45) is 11.8 Å². The molecule has 94 valence electrons. The van der Waals surface area contributed by atoms with Crippen molar-refractivity contribution >= 4 is 0 Å². The minimum absolute atomic E-state index is 0.357. The molecule has 3 heteroatoms. The number of rotatable bonds is 6. The van der Waals surface area contributed by atoms with Crippen LogP contribution in [-0.4, -0.2) is 48.8 Å². The molecule has 3 unspecified atom stereocenters. The van der Waals surface area contributed by atoms with Crippen LogP contribution in [0.15, 0.2) is 0 Å². The first kappa shape index (κ1) is 12.3. The molecular formula is C13H26N2O. The maximum absolute atomic E-state index is 8.71. The molecule has 2 N–H and O–H groups in total. The van der Waals surface area contributed by atoms with E-state index in [1.807, 2.05) is 0 Å². The van der Waals surface area contributed by atoms with Crippen molar-refractivity contribution in [3.63, 3.8) is 0 Å². The normalized spacial score (nSPS) is 34.5. The molecule has 0 radical (unpaired) electrons. The molecule has 2 aliphatic rings. The Hall–Kier alpha value is -0.120. The van der Waals surface area contributed by atoms with Gasteiger partial charge in [0, 0.05) is 19.2 Å². The molecule has 2 fully saturated rings. The van der Waals surface area contributed by atoms with Gasteiger partial charge in [0.25, 0.3) is 0 Å². The molecule has 0 aliphatic carbocycles. The Morgan fingerprint density at radius 2 is 2.00 bits per heavy atom. The highest BCUT2D eigenvalue weighted by molar-refractivity contribution is 4.96. The zero-order chi connectivity index (χ0) is 11.4. The van der Waals surface area contributed by atoms with Crippen LogP contribution in [0.25, 0.3) is 0 Å². The van der Waals surface area contributed by atoms with E-state index in [-0.39, 0.29) is 0 Å². The topological polar surface area (TPSA) is 35.5 Å². The van der Waals surface area contributed by atoms with Crippen LogP contribution in [0.3, 0.4) is 0 Å². The smallest absolute Gasteiger partial charge is 0.0431 e. The highest BCUT2D eigenvalue weighted by Gasteiger charge is 2.41. The Kier molecular flexibility index (Phi) is 4.62. The van der Waals surface area contributed by atoms with E-state index in [2.05, 4.69) is 17.1 Å². The van der Waals surface area contributed by atoms with Crippen molar-refractivity contribution in [2.75, 3.05) is 32.8 Å². The summed E-state index contributed by atoms with van der Waals surface area (Å²) in [6.45, 7) is 7.78. The number of nitrogens with zero attached hydrogens (tertiary/aromatic N) is 1. The molecule has 0 amide bonds. The monoisotopic (exact) mass is 226 g/mol. The van der Waals surface area contributed by atoms with Crippen molar-refractivity contribution in [1.82, 2.24) is 10.2 Å². The van der Waals surface area contributed by atoms with E-state index >= 15 is 0 Å². The van der Waals surface area contributed by atoms with Crippen LogP contribution >= 0.6 is 0 Å². The summed E-state index contributed by atoms with van der Waals surface area (Å²) < 4.78 is 0. The highest BCUT2D eigenvalue weighted by Crippen LogP contribution is 2.32. The van der Waals surface area contributed by atoms with E-state index in [9.17, 15) is 0 Å². The number of hydrogen-bond acceptors (Lipinski definition) is 3. The molecule has 2 rings (SSSR count). The average Bonchev–Trinajstić information content (AvgIpc) is 2.83. The van der Waals surface area contributed by atoms with Crippen LogP contribution < -0.4 is 5.32 Å². The van der Waals surface area contributed by atoms with Crippen LogP contribution in [0.2, 0.25) is 0 Å². The molecule has 0 saturated carbocycles. The lowest BCUT2D eigenvalue weighted by atomic mass is 9.95. The summed E-state index contributed by atoms with van der Waals surface area (Å²) in [6.07, 6.45) is 4.74. The van der Waals surface area contributed by atoms with E-state index in [0.29, 0.717) is 6.61 Å². The van der Waals surface area contributed by atoms with Crippen LogP contribution in [0.4, 0.5) is 0 Å². The maximum Gasteiger partial charge on any atom is 0.0431 e. The summed E-state index contributed by atoms with van der Waals surface area (Å²) in [4.78, 5) is 2.68. The van der Waals surface area contributed by atoms with Gasteiger partial charge in [-0.25, -0.2) is 0 Å². The Bertz CT molecular complexity index is 210. The third kappa shape index (κ3) is 2.76. The zero-order valence-corrected chi connectivity index (χ0v) is 10.5. The van der Waals surface area contributed by atoms with Gasteiger partial charge in [-0.2, -0.15) is 0 Å². The highest BCUT2D eigenvalue weighted by atomic mass is 16.2. The van der Waals surface area contributed by atoms with Gasteiger partial charge in [0.1, 0.15) is 0 Å². The number of hydrogen-bond donors (Lipinski definition) is 2. The van der Waals surface area contributed by atoms with E-state index < -0.39 is 0 Å². The predicted octanol–water partition coefficient (Wildman–Crippen LogP) is 1.08. The average molecular weight is 226 g/mol. The van der Waals surface area contributed by atoms with Gasteiger partial charge < -0.3 is 10.4 Å². The van der Waals surface area contributed by atoms with E-state index in [0.717, 1.165) is 24.3 Å². The van der Waals surface area contributed by atoms with Crippen molar-refractivity contribution in [1.29, 1.82) is 0 Å². The summed E-state index contributed by atoms with van der Waals surface area (Å²) in [5.74, 6) is 1.81. The van der Waals surface area contributed by atoms with E-state index in [1.165, 1.54) is 45.4 Å². The van der Waals surface area contributed by atoms with Crippen LogP contribution in [0.1, 0.15) is 32.6 Å². The van der Waals surface area contributed by atoms with Gasteiger partial charge in [-0.05, 0) is 51.2 Å². The fourth-order valence-electron chi connectivity index (χ4n) is 3.33. The molecule has 0 aromatic rings. The second-order valence-electron chi connectivity index (χ2n) is 5.46. The van der Waals surface area contributed by atoms with Crippen molar-refractivity contribution < 1.29 is 5.11 Å². The number of unbranched alkanes of at least 4 members (excludes halogenated alkanes) is 3. The molecule has 2 aliphatic heterocycles. The number of nitrogens with one attached hydrogen (secondary N) is 1. The SMILES string of the molecule is CC1C2CNCC2CN1CCCCCCO. The van der Waals surface area contributed by atoms with Gasteiger partial charge in [-0.3, -0.25) is 4.90 Å². The Balaban J connectivity index is 1.63. The molecule has 0 aromatic heterocycles. The van der Waals surface area contributed by atoms with Gasteiger partial charge in [0.05, 0.1) is 0 Å². The first-order chi connectivity index (χ1) is 7.83. The fourth-order valence-corrected chi connectivity index (χ4v) is 3.33. The first-order valence-corrected chi connectivity index (χ1v) is 6.88. The minimum Gasteiger partial charge on any atom is -0.396 e. The number of aliphatic hydroxyl groups is 1. The van der Waals surface area contributed by atoms with Crippen LogP contribution in [0, 0.1) is 11.8 Å². The van der Waals surface area contributed by atoms with Crippen molar-refractivity contribution in [3.8, 4) is 0 Å². The number of likely N-dealkylation sites (tertiary alicyclic amines) is 1. The van der Waals surface area contributed by atoms with Gasteiger partial charge >= 0.3 is 0 Å². The number of fused-ring (bicyclic) bond motifs is 1. The molecule has 0 spiro atoms. The van der Waals surface area contributed by atoms with Gasteiger partial charge in [-0.15, -0.1) is 0 Å². The Morgan fingerprint density at radius 1 is 1.19 bits per heavy atom. The standard InChI is InChI=1S/C13H26N2O/c1-11-13-9-14-8-12(13)10-15(11)6-4-2-3-5-7-16/h11-14,16H,2-10H2,1H3. The second kappa shape index (κ2) is 5.99. The van der Waals surface area contributed by atoms with E-state index in [4.69, 9.17) is 5.11 Å². The van der Waals surface area contributed by atoms with Crippen LogP contribution in [0.5, 0.6) is 0 Å². The minimum atomic E-state index is 0.357. The van der Waals surface area contributed by atoms with Gasteiger partial charge in [0.15, 0.2) is 0 Å². The quantitative estimate of drug-likeness (QED) is 0.665. The summed E-state index contributed by atoms with van der Waals surface area (Å²) in [7, 11) is 0. The molecule has 3 atom stereocenters. The summed E-state index contributed by atoms with van der Waals surface area (Å²) >= 11 is 0. The fraction of sp³-hybridized carbons (Fsp3) is 1.00. The van der Waals surface area contributed by atoms with E-state index in [1.54, 1.807) is 0 Å². The Labute approximate surface area is 99.2 Å². The molecule has 0 bridgehead atoms. The second-order valence-corrected chi connectivity index (χ2v) is 5.46. The molecule has 3 nitrogen and oxygen atoms in total. The molecule has 2 saturated heterocycles. The van der Waals surface area contributed by atoms with Crippen molar-refractivity contribution in [3.05, 3.63) is 0 Å². The first-order valence-electron chi connectivity index (χ1n) is 6.88. The molecule has 2 heterocycles. The third-order valence-corrected chi connectivity index (χ3v) is 4.41. The van der Waals surface area contributed by atoms with Crippen molar-refractivity contribution in [2.45, 2.75) is 38.6 Å². The lowest BCUT2D eigenvalue weighted by molar-refractivity contribution is 0.232. The third-order valence-electron chi connectivity index (χ3n) is 4.41. The molecule has 0 aromatic carbocycles. The number of aliphatic hydroxyl groups excluding tert-OH is 1. The lowest BCUT2D eigenvalue weighted by Gasteiger charge is -2.24. The largest absolute Gasteiger partial charge is 0.396 e. The molecule has 16 heavy (non-hydrogen) atoms. The summed E-state index contributed by atoms with van der Waals surface area (Å²) in [5, 5.41) is 12.2.